The molecule has 0 aromatic rings. The SMILES string of the molecule is CCN(C)C(=O)CN.CCN(C)CC(N)=O. The van der Waals surface area contributed by atoms with Gasteiger partial charge in [0.05, 0.1) is 13.1 Å². The molecule has 0 unspecified atom stereocenters. The summed E-state index contributed by atoms with van der Waals surface area (Å²) < 4.78 is 0. The van der Waals surface area contributed by atoms with Crippen LogP contribution in [0, 0.1) is 0 Å². The number of nitrogens with zero attached hydrogens (tertiary/aromatic N) is 2. The van der Waals surface area contributed by atoms with Crippen LogP contribution in [0.1, 0.15) is 13.8 Å². The second-order valence-electron chi connectivity index (χ2n) is 3.41. The molecule has 0 fully saturated rings. The average molecular weight is 232 g/mol. The highest BCUT2D eigenvalue weighted by atomic mass is 16.2. The Morgan fingerprint density at radius 1 is 1.12 bits per heavy atom. The summed E-state index contributed by atoms with van der Waals surface area (Å²) in [5.41, 5.74) is 9.95. The molecule has 0 saturated heterocycles. The smallest absolute Gasteiger partial charge is 0.236 e. The number of nitrogens with two attached hydrogens (primary N) is 2. The van der Waals surface area contributed by atoms with Crippen molar-refractivity contribution in [1.29, 1.82) is 0 Å². The van der Waals surface area contributed by atoms with Gasteiger partial charge in [0.15, 0.2) is 0 Å². The number of hydrogen-bond donors (Lipinski definition) is 2. The second-order valence-corrected chi connectivity index (χ2v) is 3.41. The third-order valence-electron chi connectivity index (χ3n) is 2.04. The lowest BCUT2D eigenvalue weighted by molar-refractivity contribution is -0.128. The van der Waals surface area contributed by atoms with Gasteiger partial charge in [-0.3, -0.25) is 14.5 Å². The number of carbonyl (C=O) groups excluding carboxylic acids is 2. The molecule has 0 aromatic carbocycles. The molecule has 0 heterocycles. The van der Waals surface area contributed by atoms with Gasteiger partial charge in [-0.1, -0.05) is 6.92 Å². The Balaban J connectivity index is 0. The summed E-state index contributed by atoms with van der Waals surface area (Å²) in [4.78, 5) is 24.1. The summed E-state index contributed by atoms with van der Waals surface area (Å²) >= 11 is 0. The zero-order chi connectivity index (χ0) is 13.1. The third-order valence-corrected chi connectivity index (χ3v) is 2.04. The molecule has 96 valence electrons. The standard InChI is InChI=1S/2C5H12N2O/c1-3-7(2)4-5(6)8;1-3-7(2)5(8)4-6/h3-4H2,1-2H3,(H2,6,8);3-4,6H2,1-2H3. The topological polar surface area (TPSA) is 92.7 Å². The van der Waals surface area contributed by atoms with Gasteiger partial charge in [-0.25, -0.2) is 0 Å². The lowest BCUT2D eigenvalue weighted by atomic mass is 10.5. The highest BCUT2D eigenvalue weighted by Crippen LogP contribution is 1.78. The molecule has 6 heteroatoms. The maximum Gasteiger partial charge on any atom is 0.236 e. The largest absolute Gasteiger partial charge is 0.369 e. The molecule has 4 N–H and O–H groups in total. The van der Waals surface area contributed by atoms with E-state index >= 15 is 0 Å². The van der Waals surface area contributed by atoms with Crippen molar-refractivity contribution in [3.8, 4) is 0 Å². The third kappa shape index (κ3) is 10.9. The lowest BCUT2D eigenvalue weighted by Crippen LogP contribution is -2.32. The van der Waals surface area contributed by atoms with Gasteiger partial charge in [-0.2, -0.15) is 0 Å². The Hall–Kier alpha value is -1.14. The van der Waals surface area contributed by atoms with Gasteiger partial charge < -0.3 is 16.4 Å². The number of hydrogen-bond acceptors (Lipinski definition) is 4. The van der Waals surface area contributed by atoms with Crippen LogP contribution < -0.4 is 11.5 Å². The molecule has 0 aliphatic carbocycles. The van der Waals surface area contributed by atoms with Gasteiger partial charge in [0, 0.05) is 13.6 Å². The van der Waals surface area contributed by atoms with Gasteiger partial charge >= 0.3 is 0 Å². The van der Waals surface area contributed by atoms with Crippen LogP contribution in [0.25, 0.3) is 0 Å². The van der Waals surface area contributed by atoms with E-state index in [4.69, 9.17) is 11.5 Å². The van der Waals surface area contributed by atoms with E-state index in [9.17, 15) is 9.59 Å². The minimum absolute atomic E-state index is 0.00694. The molecule has 6 nitrogen and oxygen atoms in total. The van der Waals surface area contributed by atoms with E-state index in [1.165, 1.54) is 0 Å². The van der Waals surface area contributed by atoms with E-state index in [1.54, 1.807) is 11.9 Å². The molecule has 16 heavy (non-hydrogen) atoms. The fourth-order valence-corrected chi connectivity index (χ4v) is 0.710. The fourth-order valence-electron chi connectivity index (χ4n) is 0.710. The van der Waals surface area contributed by atoms with Gasteiger partial charge in [-0.15, -0.1) is 0 Å². The molecule has 0 radical (unpaired) electrons. The van der Waals surface area contributed by atoms with Crippen LogP contribution >= 0.6 is 0 Å². The molecule has 0 atom stereocenters. The van der Waals surface area contributed by atoms with Crippen molar-refractivity contribution in [3.05, 3.63) is 0 Å². The van der Waals surface area contributed by atoms with Crippen molar-refractivity contribution in [2.75, 3.05) is 40.3 Å². The Morgan fingerprint density at radius 3 is 1.75 bits per heavy atom. The molecule has 0 aliphatic rings. The number of likely N-dealkylation sites (N-methyl/N-ethyl adjacent to an activating group) is 2. The predicted molar refractivity (Wildman–Crippen MR) is 64.7 cm³/mol. The summed E-state index contributed by atoms with van der Waals surface area (Å²) in [5, 5.41) is 0. The van der Waals surface area contributed by atoms with Crippen LogP contribution in [0.3, 0.4) is 0 Å². The molecule has 0 aliphatic heterocycles. The van der Waals surface area contributed by atoms with Gasteiger partial charge in [0.1, 0.15) is 0 Å². The van der Waals surface area contributed by atoms with Crippen molar-refractivity contribution in [2.24, 2.45) is 11.5 Å². The summed E-state index contributed by atoms with van der Waals surface area (Å²) in [6, 6.07) is 0. The Bertz CT molecular complexity index is 209. The minimum atomic E-state index is -0.269. The first-order chi connectivity index (χ1) is 7.38. The summed E-state index contributed by atoms with van der Waals surface area (Å²) in [7, 11) is 3.58. The van der Waals surface area contributed by atoms with Crippen LogP contribution in [-0.2, 0) is 9.59 Å². The first kappa shape index (κ1) is 17.3. The zero-order valence-electron chi connectivity index (χ0n) is 10.7. The Kier molecular flexibility index (Phi) is 11.2. The zero-order valence-corrected chi connectivity index (χ0v) is 10.7. The van der Waals surface area contributed by atoms with E-state index in [0.29, 0.717) is 6.54 Å². The maximum atomic E-state index is 10.5. The molecule has 0 rings (SSSR count). The first-order valence-electron chi connectivity index (χ1n) is 5.29. The number of rotatable bonds is 5. The van der Waals surface area contributed by atoms with Gasteiger partial charge in [0.2, 0.25) is 11.8 Å². The van der Waals surface area contributed by atoms with Crippen LogP contribution in [-0.4, -0.2) is 61.9 Å². The number of primary amides is 1. The van der Waals surface area contributed by atoms with Crippen LogP contribution in [0.15, 0.2) is 0 Å². The second kappa shape index (κ2) is 10.4. The molecule has 0 aromatic heterocycles. The van der Waals surface area contributed by atoms with Crippen LogP contribution in [0.5, 0.6) is 0 Å². The Labute approximate surface area is 97.6 Å². The number of carbonyl (C=O) groups is 2. The Morgan fingerprint density at radius 2 is 1.62 bits per heavy atom. The fraction of sp³-hybridized carbons (Fsp3) is 0.800. The van der Waals surface area contributed by atoms with Gasteiger partial charge in [-0.05, 0) is 20.5 Å². The van der Waals surface area contributed by atoms with Crippen LogP contribution in [0.4, 0.5) is 0 Å². The molecule has 2 amide bonds. The van der Waals surface area contributed by atoms with Crippen molar-refractivity contribution >= 4 is 11.8 Å². The minimum Gasteiger partial charge on any atom is -0.369 e. The van der Waals surface area contributed by atoms with Crippen molar-refractivity contribution in [2.45, 2.75) is 13.8 Å². The van der Waals surface area contributed by atoms with Crippen molar-refractivity contribution in [1.82, 2.24) is 9.80 Å². The molecular weight excluding hydrogens is 208 g/mol. The molecule has 0 spiro atoms. The molecular formula is C10H24N4O2. The summed E-state index contributed by atoms with van der Waals surface area (Å²) in [6.07, 6.45) is 0. The highest BCUT2D eigenvalue weighted by molar-refractivity contribution is 5.77. The normalized spacial score (nSPS) is 9.38. The molecule has 0 bridgehead atoms. The van der Waals surface area contributed by atoms with E-state index in [0.717, 1.165) is 13.1 Å². The molecule has 0 saturated carbocycles. The number of amides is 2. The lowest BCUT2D eigenvalue weighted by Gasteiger charge is -2.11. The maximum absolute atomic E-state index is 10.5. The van der Waals surface area contributed by atoms with E-state index < -0.39 is 0 Å². The summed E-state index contributed by atoms with van der Waals surface area (Å²) in [6.45, 7) is 5.95. The van der Waals surface area contributed by atoms with Crippen LogP contribution in [0.2, 0.25) is 0 Å². The summed E-state index contributed by atoms with van der Waals surface area (Å²) in [5.74, 6) is -0.276. The monoisotopic (exact) mass is 232 g/mol. The predicted octanol–water partition coefficient (Wildman–Crippen LogP) is -1.15. The van der Waals surface area contributed by atoms with E-state index in [2.05, 4.69) is 0 Å². The van der Waals surface area contributed by atoms with Crippen molar-refractivity contribution in [3.63, 3.8) is 0 Å². The highest BCUT2D eigenvalue weighted by Gasteiger charge is 2.00. The quantitative estimate of drug-likeness (QED) is 0.626. The van der Waals surface area contributed by atoms with E-state index in [1.807, 2.05) is 25.8 Å². The van der Waals surface area contributed by atoms with Gasteiger partial charge in [0.25, 0.3) is 0 Å². The van der Waals surface area contributed by atoms with E-state index in [-0.39, 0.29) is 18.4 Å². The first-order valence-corrected chi connectivity index (χ1v) is 5.29. The van der Waals surface area contributed by atoms with Crippen molar-refractivity contribution < 1.29 is 9.59 Å². The average Bonchev–Trinajstić information content (AvgIpc) is 2.26.